The lowest BCUT2D eigenvalue weighted by atomic mass is 10.2. The van der Waals surface area contributed by atoms with Crippen molar-refractivity contribution in [2.75, 3.05) is 14.2 Å². The summed E-state index contributed by atoms with van der Waals surface area (Å²) in [6, 6.07) is 12.7. The molecule has 0 heterocycles. The summed E-state index contributed by atoms with van der Waals surface area (Å²) in [5, 5.41) is 0. The van der Waals surface area contributed by atoms with Crippen LogP contribution in [0.1, 0.15) is 46.4 Å². The van der Waals surface area contributed by atoms with E-state index in [1.165, 1.54) is 26.4 Å². The molecule has 8 heteroatoms. The van der Waals surface area contributed by atoms with Crippen LogP contribution in [-0.4, -0.2) is 26.2 Å². The zero-order valence-corrected chi connectivity index (χ0v) is 16.9. The Kier molecular flexibility index (Phi) is 9.63. The number of benzene rings is 2. The molecule has 0 amide bonds. The van der Waals surface area contributed by atoms with Crippen molar-refractivity contribution in [1.29, 1.82) is 0 Å². The number of methoxy groups -OCH3 is 2. The van der Waals surface area contributed by atoms with Crippen LogP contribution in [0.3, 0.4) is 0 Å². The first-order valence-corrected chi connectivity index (χ1v) is 9.28. The third-order valence-corrected chi connectivity index (χ3v) is 3.91. The Morgan fingerprint density at radius 3 is 1.70 bits per heavy atom. The molecule has 0 spiro atoms. The molecule has 0 atom stereocenters. The monoisotopic (exact) mass is 416 g/mol. The molecule has 0 aliphatic heterocycles. The average molecular weight is 416 g/mol. The molecule has 0 aliphatic carbocycles. The second-order valence-electron chi connectivity index (χ2n) is 6.05. The fraction of sp³-hybridized carbons (Fsp3) is 0.273. The topological polar surface area (TPSA) is 89.5 Å². The molecular weight excluding hydrogens is 392 g/mol. The highest BCUT2D eigenvalue weighted by Gasteiger charge is 2.21. The minimum atomic E-state index is -0.758. The molecule has 160 valence electrons. The minimum absolute atomic E-state index is 0.170. The third kappa shape index (κ3) is 7.38. The minimum Gasteiger partial charge on any atom is -0.497 e. The Morgan fingerprint density at radius 2 is 1.27 bits per heavy atom. The number of carbonyl (C=O) groups is 2. The van der Waals surface area contributed by atoms with Crippen molar-refractivity contribution in [3.05, 3.63) is 72.9 Å². The van der Waals surface area contributed by atoms with Gasteiger partial charge in [0.15, 0.2) is 0 Å². The number of rotatable bonds is 12. The van der Waals surface area contributed by atoms with E-state index in [0.717, 1.165) is 6.42 Å². The Bertz CT molecular complexity index is 757. The van der Waals surface area contributed by atoms with E-state index in [4.69, 9.17) is 29.0 Å². The first-order chi connectivity index (χ1) is 14.6. The van der Waals surface area contributed by atoms with E-state index in [-0.39, 0.29) is 23.8 Å². The molecule has 0 bridgehead atoms. The lowest BCUT2D eigenvalue weighted by Gasteiger charge is -2.13. The molecule has 0 saturated heterocycles. The Balaban J connectivity index is 1.93. The summed E-state index contributed by atoms with van der Waals surface area (Å²) in [6.45, 7) is 3.76. The summed E-state index contributed by atoms with van der Waals surface area (Å²) >= 11 is 0. The van der Waals surface area contributed by atoms with E-state index < -0.39 is 11.9 Å². The number of hydrogen-bond donors (Lipinski definition) is 0. The molecule has 0 N–H and O–H groups in total. The van der Waals surface area contributed by atoms with Crippen LogP contribution in [0.25, 0.3) is 0 Å². The zero-order valence-electron chi connectivity index (χ0n) is 16.9. The van der Waals surface area contributed by atoms with Crippen molar-refractivity contribution in [2.24, 2.45) is 0 Å². The van der Waals surface area contributed by atoms with Crippen LogP contribution in [0.4, 0.5) is 0 Å². The van der Waals surface area contributed by atoms with Gasteiger partial charge in [-0.15, -0.1) is 9.78 Å². The van der Waals surface area contributed by atoms with Crippen LogP contribution in [0.15, 0.2) is 48.5 Å². The summed E-state index contributed by atoms with van der Waals surface area (Å²) in [5.74, 6) is -0.530. The van der Waals surface area contributed by atoms with E-state index in [1.807, 2.05) is 0 Å². The highest BCUT2D eigenvalue weighted by Crippen LogP contribution is 2.20. The van der Waals surface area contributed by atoms with Gasteiger partial charge in [0.1, 0.15) is 11.5 Å². The molecular formula is C22H24O8. The highest BCUT2D eigenvalue weighted by atomic mass is 17.3. The summed E-state index contributed by atoms with van der Waals surface area (Å²) in [7, 11) is 2.97. The van der Waals surface area contributed by atoms with Crippen LogP contribution in [-0.2, 0) is 19.6 Å². The molecule has 0 unspecified atom stereocenters. The van der Waals surface area contributed by atoms with Crippen LogP contribution in [0, 0.1) is 13.2 Å². The Hall–Kier alpha value is -3.10. The van der Waals surface area contributed by atoms with Gasteiger partial charge in [-0.05, 0) is 42.8 Å². The maximum atomic E-state index is 12.2. The van der Waals surface area contributed by atoms with Gasteiger partial charge in [-0.25, -0.2) is 9.59 Å². The summed E-state index contributed by atoms with van der Waals surface area (Å²) in [5.41, 5.74) is 0.444. The van der Waals surface area contributed by atoms with Gasteiger partial charge in [0.25, 0.3) is 0 Å². The predicted molar refractivity (Wildman–Crippen MR) is 106 cm³/mol. The van der Waals surface area contributed by atoms with Gasteiger partial charge < -0.3 is 9.47 Å². The fourth-order valence-corrected chi connectivity index (χ4v) is 2.31. The predicted octanol–water partition coefficient (Wildman–Crippen LogP) is 4.46. The van der Waals surface area contributed by atoms with E-state index in [9.17, 15) is 9.59 Å². The van der Waals surface area contributed by atoms with Crippen molar-refractivity contribution in [3.63, 3.8) is 0 Å². The molecule has 8 nitrogen and oxygen atoms in total. The molecule has 0 saturated carbocycles. The van der Waals surface area contributed by atoms with E-state index in [1.54, 1.807) is 36.4 Å². The largest absolute Gasteiger partial charge is 0.497 e. The van der Waals surface area contributed by atoms with Crippen LogP contribution in [0.5, 0.6) is 11.5 Å². The highest BCUT2D eigenvalue weighted by molar-refractivity contribution is 5.90. The lowest BCUT2D eigenvalue weighted by molar-refractivity contribution is -0.363. The van der Waals surface area contributed by atoms with Gasteiger partial charge in [-0.2, -0.15) is 0 Å². The van der Waals surface area contributed by atoms with Crippen molar-refractivity contribution >= 4 is 11.9 Å². The summed E-state index contributed by atoms with van der Waals surface area (Å²) < 4.78 is 10.1. The average Bonchev–Trinajstić information content (AvgIpc) is 2.80. The Labute approximate surface area is 175 Å². The quantitative estimate of drug-likeness (QED) is 0.285. The lowest BCUT2D eigenvalue weighted by Crippen LogP contribution is -2.16. The van der Waals surface area contributed by atoms with Crippen molar-refractivity contribution in [2.45, 2.75) is 25.7 Å². The second-order valence-corrected chi connectivity index (χ2v) is 6.05. The van der Waals surface area contributed by atoms with E-state index in [2.05, 4.69) is 6.92 Å². The zero-order chi connectivity index (χ0) is 21.8. The number of carbonyl (C=O) groups excluding carboxylic acids is 2. The van der Waals surface area contributed by atoms with Crippen molar-refractivity contribution in [3.8, 4) is 11.5 Å². The van der Waals surface area contributed by atoms with Crippen LogP contribution in [0.2, 0.25) is 0 Å². The first kappa shape index (κ1) is 23.2. The SMILES string of the molecule is [CH2]CCCC[C](OOC(=O)c1cccc(OC)c1)OOC(=O)c1cccc(OC)c1. The normalized spacial score (nSPS) is 10.5. The third-order valence-electron chi connectivity index (χ3n) is 3.91. The molecule has 2 radical (unpaired) electrons. The maximum Gasteiger partial charge on any atom is 0.373 e. The maximum absolute atomic E-state index is 12.2. The van der Waals surface area contributed by atoms with Gasteiger partial charge in [0.05, 0.1) is 25.3 Å². The van der Waals surface area contributed by atoms with E-state index in [0.29, 0.717) is 24.3 Å². The molecule has 0 aliphatic rings. The van der Waals surface area contributed by atoms with Crippen molar-refractivity contribution < 1.29 is 38.6 Å². The molecule has 2 rings (SSSR count). The van der Waals surface area contributed by atoms with Crippen molar-refractivity contribution in [1.82, 2.24) is 0 Å². The van der Waals surface area contributed by atoms with Gasteiger partial charge in [0, 0.05) is 6.42 Å². The summed E-state index contributed by atoms with van der Waals surface area (Å²) in [4.78, 5) is 44.0. The molecule has 30 heavy (non-hydrogen) atoms. The van der Waals surface area contributed by atoms with Crippen LogP contribution >= 0.6 is 0 Å². The van der Waals surface area contributed by atoms with Gasteiger partial charge in [0.2, 0.25) is 0 Å². The number of unbranched alkanes of at least 4 members (excludes halogenated alkanes) is 2. The molecule has 0 fully saturated rings. The van der Waals surface area contributed by atoms with Gasteiger partial charge in [-0.3, -0.25) is 9.78 Å². The molecule has 2 aromatic rings. The second kappa shape index (κ2) is 12.5. The number of ether oxygens (including phenoxy) is 2. The smallest absolute Gasteiger partial charge is 0.373 e. The number of hydrogen-bond acceptors (Lipinski definition) is 8. The van der Waals surface area contributed by atoms with E-state index >= 15 is 0 Å². The summed E-state index contributed by atoms with van der Waals surface area (Å²) in [6.07, 6.45) is 2.19. The van der Waals surface area contributed by atoms with Crippen LogP contribution < -0.4 is 9.47 Å². The fourth-order valence-electron chi connectivity index (χ4n) is 2.31. The molecule has 2 aromatic carbocycles. The first-order valence-electron chi connectivity index (χ1n) is 9.28. The molecule has 0 aromatic heterocycles. The van der Waals surface area contributed by atoms with Gasteiger partial charge >= 0.3 is 18.2 Å². The Morgan fingerprint density at radius 1 is 0.767 bits per heavy atom. The standard InChI is InChI=1S/C22H24O8/c1-4-5-6-13-20(27-29-21(23)16-9-7-11-18(14-16)25-2)28-30-22(24)17-10-8-12-19(15-17)26-3/h7-12,14-15H,1,4-6,13H2,2-3H3. The van der Waals surface area contributed by atoms with Gasteiger partial charge in [-0.1, -0.05) is 31.9 Å².